The molecule has 0 aliphatic heterocycles. The molecule has 0 spiro atoms. The number of carbonyl (C=O) groups is 2. The number of Topliss-reactive ketones (excluding diaryl/α,β-unsaturated/α-hetero) is 1. The summed E-state index contributed by atoms with van der Waals surface area (Å²) in [6.07, 6.45) is 1.22. The summed E-state index contributed by atoms with van der Waals surface area (Å²) < 4.78 is 0. The van der Waals surface area contributed by atoms with Crippen molar-refractivity contribution in [1.29, 1.82) is 0 Å². The molecule has 0 radical (unpaired) electrons. The van der Waals surface area contributed by atoms with E-state index in [1.54, 1.807) is 24.3 Å². The number of carbonyl (C=O) groups excluding carboxylic acids is 1. The van der Waals surface area contributed by atoms with E-state index in [1.807, 2.05) is 0 Å². The zero-order valence-electron chi connectivity index (χ0n) is 9.59. The van der Waals surface area contributed by atoms with Crippen LogP contribution in [0.1, 0.15) is 20.8 Å². The molecule has 2 rings (SSSR count). The number of thioether (sulfide) groups is 1. The number of hydrogen-bond acceptors (Lipinski definition) is 4. The number of aromatic nitrogens is 2. The highest BCUT2D eigenvalue weighted by molar-refractivity contribution is 7.99. The van der Waals surface area contributed by atoms with Gasteiger partial charge < -0.3 is 10.1 Å². The van der Waals surface area contributed by atoms with Crippen molar-refractivity contribution in [3.05, 3.63) is 46.7 Å². The number of benzene rings is 1. The maximum absolute atomic E-state index is 11.8. The number of halogens is 1. The summed E-state index contributed by atoms with van der Waals surface area (Å²) in [7, 11) is 0. The van der Waals surface area contributed by atoms with Crippen LogP contribution in [0.15, 0.2) is 35.6 Å². The number of carboxylic acid groups (broad SMARTS) is 1. The Balaban J connectivity index is 1.96. The minimum absolute atomic E-state index is 0.00134. The minimum atomic E-state index is -1.08. The van der Waals surface area contributed by atoms with Crippen LogP contribution in [0.3, 0.4) is 0 Å². The number of nitrogens with one attached hydrogen (secondary N) is 1. The summed E-state index contributed by atoms with van der Waals surface area (Å²) in [5, 5.41) is 9.69. The first-order valence-corrected chi connectivity index (χ1v) is 6.62. The van der Waals surface area contributed by atoms with Gasteiger partial charge in [-0.2, -0.15) is 0 Å². The van der Waals surface area contributed by atoms with E-state index in [2.05, 4.69) is 9.97 Å². The fourth-order valence-corrected chi connectivity index (χ4v) is 2.21. The van der Waals surface area contributed by atoms with Crippen LogP contribution in [-0.2, 0) is 0 Å². The van der Waals surface area contributed by atoms with Gasteiger partial charge in [-0.1, -0.05) is 23.4 Å². The van der Waals surface area contributed by atoms with Crippen LogP contribution in [0.5, 0.6) is 0 Å². The van der Waals surface area contributed by atoms with Gasteiger partial charge in [0.05, 0.1) is 11.9 Å². The summed E-state index contributed by atoms with van der Waals surface area (Å²) in [6.45, 7) is 0. The topological polar surface area (TPSA) is 83.1 Å². The second-order valence-corrected chi connectivity index (χ2v) is 5.03. The third-order valence-corrected chi connectivity index (χ3v) is 3.43. The molecular formula is C12H9ClN2O3S. The lowest BCUT2D eigenvalue weighted by atomic mass is 10.1. The number of imidazole rings is 1. The monoisotopic (exact) mass is 296 g/mol. The maximum atomic E-state index is 11.8. The van der Waals surface area contributed by atoms with E-state index in [9.17, 15) is 9.59 Å². The van der Waals surface area contributed by atoms with Crippen LogP contribution in [0.2, 0.25) is 5.02 Å². The number of aromatic amines is 1. The Morgan fingerprint density at radius 2 is 2.00 bits per heavy atom. The summed E-state index contributed by atoms with van der Waals surface area (Å²) in [6, 6.07) is 6.59. The van der Waals surface area contributed by atoms with E-state index in [4.69, 9.17) is 16.7 Å². The molecular weight excluding hydrogens is 288 g/mol. The van der Waals surface area contributed by atoms with Crippen molar-refractivity contribution in [2.75, 3.05) is 5.75 Å². The van der Waals surface area contributed by atoms with E-state index in [0.29, 0.717) is 15.7 Å². The number of nitrogens with zero attached hydrogens (tertiary/aromatic N) is 1. The normalized spacial score (nSPS) is 10.4. The Morgan fingerprint density at radius 3 is 2.58 bits per heavy atom. The first kappa shape index (κ1) is 13.6. The Kier molecular flexibility index (Phi) is 4.24. The predicted octanol–water partition coefficient (Wildman–Crippen LogP) is 2.74. The molecule has 1 aromatic heterocycles. The van der Waals surface area contributed by atoms with Crippen LogP contribution in [0.4, 0.5) is 0 Å². The summed E-state index contributed by atoms with van der Waals surface area (Å²) in [5.41, 5.74) is 0.559. The van der Waals surface area contributed by atoms with E-state index >= 15 is 0 Å². The van der Waals surface area contributed by atoms with Crippen molar-refractivity contribution in [2.24, 2.45) is 0 Å². The highest BCUT2D eigenvalue weighted by Gasteiger charge is 2.10. The number of rotatable bonds is 5. The number of hydrogen-bond donors (Lipinski definition) is 2. The Bertz CT molecular complexity index is 610. The molecule has 2 N–H and O–H groups in total. The fraction of sp³-hybridized carbons (Fsp3) is 0.0833. The molecule has 19 heavy (non-hydrogen) atoms. The zero-order valence-corrected chi connectivity index (χ0v) is 11.2. The highest BCUT2D eigenvalue weighted by Crippen LogP contribution is 2.17. The average molecular weight is 297 g/mol. The van der Waals surface area contributed by atoms with Gasteiger partial charge in [0.15, 0.2) is 10.9 Å². The molecule has 1 heterocycles. The van der Waals surface area contributed by atoms with E-state index < -0.39 is 5.97 Å². The first-order valence-electron chi connectivity index (χ1n) is 5.26. The van der Waals surface area contributed by atoms with Crippen LogP contribution in [-0.4, -0.2) is 32.6 Å². The Labute approximate surface area is 118 Å². The molecule has 0 amide bonds. The highest BCUT2D eigenvalue weighted by atomic mass is 35.5. The van der Waals surface area contributed by atoms with Crippen LogP contribution in [0.25, 0.3) is 0 Å². The molecule has 5 nitrogen and oxygen atoms in total. The molecule has 0 fully saturated rings. The van der Waals surface area contributed by atoms with Gasteiger partial charge in [-0.25, -0.2) is 9.78 Å². The Hall–Kier alpha value is -1.79. The van der Waals surface area contributed by atoms with Gasteiger partial charge in [0, 0.05) is 10.6 Å². The largest absolute Gasteiger partial charge is 0.477 e. The molecule has 98 valence electrons. The van der Waals surface area contributed by atoms with Crippen LogP contribution < -0.4 is 0 Å². The molecule has 2 aromatic rings. The van der Waals surface area contributed by atoms with Crippen molar-refractivity contribution >= 4 is 35.1 Å². The van der Waals surface area contributed by atoms with E-state index in [0.717, 1.165) is 11.8 Å². The van der Waals surface area contributed by atoms with Crippen LogP contribution >= 0.6 is 23.4 Å². The Morgan fingerprint density at radius 1 is 1.32 bits per heavy atom. The van der Waals surface area contributed by atoms with E-state index in [1.165, 1.54) is 6.20 Å². The molecule has 0 atom stereocenters. The third-order valence-electron chi connectivity index (χ3n) is 2.29. The molecule has 0 saturated heterocycles. The molecule has 0 aliphatic carbocycles. The summed E-state index contributed by atoms with van der Waals surface area (Å²) in [4.78, 5) is 29.0. The van der Waals surface area contributed by atoms with Crippen molar-refractivity contribution in [3.8, 4) is 0 Å². The molecule has 0 bridgehead atoms. The molecule has 1 aromatic carbocycles. The van der Waals surface area contributed by atoms with Gasteiger partial charge in [0.1, 0.15) is 5.69 Å². The summed E-state index contributed by atoms with van der Waals surface area (Å²) in [5.74, 6) is -0.980. The smallest absolute Gasteiger partial charge is 0.353 e. The second-order valence-electron chi connectivity index (χ2n) is 3.63. The van der Waals surface area contributed by atoms with Crippen molar-refractivity contribution in [2.45, 2.75) is 5.16 Å². The first-order chi connectivity index (χ1) is 9.06. The second kappa shape index (κ2) is 5.90. The number of carboxylic acids is 1. The lowest BCUT2D eigenvalue weighted by Crippen LogP contribution is -2.02. The molecule has 0 aliphatic rings. The van der Waals surface area contributed by atoms with Gasteiger partial charge >= 0.3 is 5.97 Å². The molecule has 0 unspecified atom stereocenters. The lowest BCUT2D eigenvalue weighted by Gasteiger charge is -1.99. The summed E-state index contributed by atoms with van der Waals surface area (Å²) >= 11 is 6.89. The minimum Gasteiger partial charge on any atom is -0.477 e. The van der Waals surface area contributed by atoms with E-state index in [-0.39, 0.29) is 17.2 Å². The van der Waals surface area contributed by atoms with Gasteiger partial charge in [-0.3, -0.25) is 4.79 Å². The third kappa shape index (κ3) is 3.59. The standard InChI is InChI=1S/C12H9ClN2O3S/c13-8-3-1-7(2-4-8)10(16)6-19-12-14-5-9(15-12)11(17)18/h1-5H,6H2,(H,14,15)(H,17,18). The quantitative estimate of drug-likeness (QED) is 0.655. The van der Waals surface area contributed by atoms with Crippen LogP contribution in [0, 0.1) is 0 Å². The van der Waals surface area contributed by atoms with Gasteiger partial charge in [-0.05, 0) is 24.3 Å². The molecule has 7 heteroatoms. The predicted molar refractivity (Wildman–Crippen MR) is 72.1 cm³/mol. The van der Waals surface area contributed by atoms with Crippen molar-refractivity contribution < 1.29 is 14.7 Å². The SMILES string of the molecule is O=C(CSc1ncc(C(=O)O)[nH]1)c1ccc(Cl)cc1. The van der Waals surface area contributed by atoms with Gasteiger partial charge in [0.25, 0.3) is 0 Å². The fourth-order valence-electron chi connectivity index (χ4n) is 1.34. The maximum Gasteiger partial charge on any atom is 0.353 e. The van der Waals surface area contributed by atoms with Gasteiger partial charge in [-0.15, -0.1) is 0 Å². The number of aromatic carboxylic acids is 1. The zero-order chi connectivity index (χ0) is 13.8. The average Bonchev–Trinajstić information content (AvgIpc) is 2.86. The van der Waals surface area contributed by atoms with Crippen molar-refractivity contribution in [3.63, 3.8) is 0 Å². The van der Waals surface area contributed by atoms with Gasteiger partial charge in [0.2, 0.25) is 0 Å². The van der Waals surface area contributed by atoms with Crippen molar-refractivity contribution in [1.82, 2.24) is 9.97 Å². The molecule has 0 saturated carbocycles. The number of H-pyrrole nitrogens is 1. The number of ketones is 1. The lowest BCUT2D eigenvalue weighted by molar-refractivity contribution is 0.0690.